The summed E-state index contributed by atoms with van der Waals surface area (Å²) < 4.78 is 0. The van der Waals surface area contributed by atoms with Gasteiger partial charge >= 0.3 is 0 Å². The van der Waals surface area contributed by atoms with E-state index in [0.29, 0.717) is 16.3 Å². The standard InChI is InChI=1S/C13H12ClNO/c14-10-5-3-4-9(8-10)13(16)11-6-1-2-7-12(11)15/h1-8,13,16H,15H2. The Bertz CT molecular complexity index is 499. The topological polar surface area (TPSA) is 46.2 Å². The molecule has 0 bridgehead atoms. The Hall–Kier alpha value is -1.51. The van der Waals surface area contributed by atoms with Gasteiger partial charge in [-0.2, -0.15) is 0 Å². The van der Waals surface area contributed by atoms with Crippen LogP contribution in [0.2, 0.25) is 5.02 Å². The Morgan fingerprint density at radius 3 is 2.50 bits per heavy atom. The summed E-state index contributed by atoms with van der Waals surface area (Å²) in [6.45, 7) is 0. The number of aliphatic hydroxyl groups excluding tert-OH is 1. The molecule has 2 rings (SSSR count). The number of hydrogen-bond donors (Lipinski definition) is 2. The van der Waals surface area contributed by atoms with Crippen LogP contribution >= 0.6 is 11.6 Å². The molecule has 2 aromatic rings. The van der Waals surface area contributed by atoms with Gasteiger partial charge in [-0.15, -0.1) is 0 Å². The van der Waals surface area contributed by atoms with E-state index in [2.05, 4.69) is 0 Å². The number of hydrogen-bond acceptors (Lipinski definition) is 2. The van der Waals surface area contributed by atoms with Gasteiger partial charge in [0.05, 0.1) is 0 Å². The van der Waals surface area contributed by atoms with E-state index in [9.17, 15) is 5.11 Å². The first kappa shape index (κ1) is 11.0. The average molecular weight is 234 g/mol. The highest BCUT2D eigenvalue weighted by molar-refractivity contribution is 6.30. The average Bonchev–Trinajstić information content (AvgIpc) is 2.29. The van der Waals surface area contributed by atoms with Crippen molar-refractivity contribution >= 4 is 17.3 Å². The molecule has 2 nitrogen and oxygen atoms in total. The largest absolute Gasteiger partial charge is 0.398 e. The second kappa shape index (κ2) is 4.56. The molecule has 0 amide bonds. The lowest BCUT2D eigenvalue weighted by atomic mass is 10.0. The van der Waals surface area contributed by atoms with Gasteiger partial charge in [-0.25, -0.2) is 0 Å². The maximum atomic E-state index is 10.2. The van der Waals surface area contributed by atoms with Crippen molar-refractivity contribution in [1.29, 1.82) is 0 Å². The van der Waals surface area contributed by atoms with Crippen LogP contribution in [-0.2, 0) is 0 Å². The minimum atomic E-state index is -0.736. The number of aliphatic hydroxyl groups is 1. The summed E-state index contributed by atoms with van der Waals surface area (Å²) in [6.07, 6.45) is -0.736. The van der Waals surface area contributed by atoms with Crippen LogP contribution in [0.25, 0.3) is 0 Å². The zero-order valence-corrected chi connectivity index (χ0v) is 9.35. The van der Waals surface area contributed by atoms with E-state index in [-0.39, 0.29) is 0 Å². The molecule has 1 unspecified atom stereocenters. The quantitative estimate of drug-likeness (QED) is 0.784. The van der Waals surface area contributed by atoms with E-state index < -0.39 is 6.10 Å². The third kappa shape index (κ3) is 2.18. The third-order valence-corrected chi connectivity index (χ3v) is 2.69. The first-order valence-electron chi connectivity index (χ1n) is 4.96. The van der Waals surface area contributed by atoms with Crippen molar-refractivity contribution in [3.63, 3.8) is 0 Å². The Morgan fingerprint density at radius 1 is 1.06 bits per heavy atom. The van der Waals surface area contributed by atoms with Crippen LogP contribution in [0.3, 0.4) is 0 Å². The molecule has 16 heavy (non-hydrogen) atoms. The molecule has 0 aliphatic heterocycles. The normalized spacial score (nSPS) is 12.4. The molecule has 0 aromatic heterocycles. The van der Waals surface area contributed by atoms with Gasteiger partial charge in [0, 0.05) is 16.3 Å². The van der Waals surface area contributed by atoms with E-state index in [1.165, 1.54) is 0 Å². The lowest BCUT2D eigenvalue weighted by molar-refractivity contribution is 0.221. The number of nitrogen functional groups attached to an aromatic ring is 1. The first-order valence-corrected chi connectivity index (χ1v) is 5.34. The minimum Gasteiger partial charge on any atom is -0.398 e. The summed E-state index contributed by atoms with van der Waals surface area (Å²) >= 11 is 5.87. The van der Waals surface area contributed by atoms with Gasteiger partial charge in [0.25, 0.3) is 0 Å². The predicted octanol–water partition coefficient (Wildman–Crippen LogP) is 3.00. The molecule has 0 saturated carbocycles. The summed E-state index contributed by atoms with van der Waals surface area (Å²) in [4.78, 5) is 0. The van der Waals surface area contributed by atoms with Crippen molar-refractivity contribution in [2.75, 3.05) is 5.73 Å². The van der Waals surface area contributed by atoms with Crippen LogP contribution in [-0.4, -0.2) is 5.11 Å². The fourth-order valence-electron chi connectivity index (χ4n) is 1.62. The molecule has 0 spiro atoms. The Balaban J connectivity index is 2.39. The monoisotopic (exact) mass is 233 g/mol. The second-order valence-corrected chi connectivity index (χ2v) is 4.02. The SMILES string of the molecule is Nc1ccccc1C(O)c1cccc(Cl)c1. The summed E-state index contributed by atoms with van der Waals surface area (Å²) in [5, 5.41) is 10.8. The van der Waals surface area contributed by atoms with Crippen molar-refractivity contribution in [3.8, 4) is 0 Å². The molecule has 3 heteroatoms. The van der Waals surface area contributed by atoms with Crippen molar-refractivity contribution < 1.29 is 5.11 Å². The number of rotatable bonds is 2. The van der Waals surface area contributed by atoms with Gasteiger partial charge in [0.1, 0.15) is 6.10 Å². The maximum Gasteiger partial charge on any atom is 0.106 e. The van der Waals surface area contributed by atoms with E-state index >= 15 is 0 Å². The molecule has 1 atom stereocenters. The molecule has 3 N–H and O–H groups in total. The zero-order valence-electron chi connectivity index (χ0n) is 8.60. The highest BCUT2D eigenvalue weighted by Gasteiger charge is 2.12. The summed E-state index contributed by atoms with van der Waals surface area (Å²) in [6, 6.07) is 14.4. The first-order chi connectivity index (χ1) is 7.68. The van der Waals surface area contributed by atoms with Gasteiger partial charge in [0.15, 0.2) is 0 Å². The van der Waals surface area contributed by atoms with Crippen molar-refractivity contribution in [2.24, 2.45) is 0 Å². The number of anilines is 1. The van der Waals surface area contributed by atoms with E-state index in [1.807, 2.05) is 18.2 Å². The lowest BCUT2D eigenvalue weighted by Crippen LogP contribution is -2.03. The van der Waals surface area contributed by atoms with Crippen molar-refractivity contribution in [2.45, 2.75) is 6.10 Å². The van der Waals surface area contributed by atoms with Crippen LogP contribution in [0.15, 0.2) is 48.5 Å². The van der Waals surface area contributed by atoms with Crippen LogP contribution in [0.4, 0.5) is 5.69 Å². The number of nitrogens with two attached hydrogens (primary N) is 1. The van der Waals surface area contributed by atoms with Crippen LogP contribution in [0.1, 0.15) is 17.2 Å². The highest BCUT2D eigenvalue weighted by atomic mass is 35.5. The molecular formula is C13H12ClNO. The molecule has 0 heterocycles. The predicted molar refractivity (Wildman–Crippen MR) is 66.4 cm³/mol. The molecule has 82 valence electrons. The van der Waals surface area contributed by atoms with Gasteiger partial charge in [0.2, 0.25) is 0 Å². The summed E-state index contributed by atoms with van der Waals surface area (Å²) in [7, 11) is 0. The van der Waals surface area contributed by atoms with Crippen LogP contribution < -0.4 is 5.73 Å². The molecule has 0 saturated heterocycles. The van der Waals surface area contributed by atoms with Gasteiger partial charge < -0.3 is 10.8 Å². The lowest BCUT2D eigenvalue weighted by Gasteiger charge is -2.13. The summed E-state index contributed by atoms with van der Waals surface area (Å²) in [5.41, 5.74) is 7.82. The van der Waals surface area contributed by atoms with Gasteiger partial charge in [-0.05, 0) is 23.8 Å². The molecule has 0 aliphatic carbocycles. The van der Waals surface area contributed by atoms with E-state index in [0.717, 1.165) is 5.56 Å². The van der Waals surface area contributed by atoms with Crippen molar-refractivity contribution in [1.82, 2.24) is 0 Å². The molecule has 2 aromatic carbocycles. The van der Waals surface area contributed by atoms with Crippen molar-refractivity contribution in [3.05, 3.63) is 64.7 Å². The second-order valence-electron chi connectivity index (χ2n) is 3.59. The van der Waals surface area contributed by atoms with Crippen LogP contribution in [0.5, 0.6) is 0 Å². The summed E-state index contributed by atoms with van der Waals surface area (Å²) in [5.74, 6) is 0. The smallest absolute Gasteiger partial charge is 0.106 e. The Labute approximate surface area is 99.3 Å². The molecule has 0 aliphatic rings. The molecule has 0 radical (unpaired) electrons. The van der Waals surface area contributed by atoms with Gasteiger partial charge in [-0.1, -0.05) is 41.9 Å². The fourth-order valence-corrected chi connectivity index (χ4v) is 1.81. The molecule has 0 fully saturated rings. The van der Waals surface area contributed by atoms with Crippen LogP contribution in [0, 0.1) is 0 Å². The van der Waals surface area contributed by atoms with E-state index in [1.54, 1.807) is 30.3 Å². The number of halogens is 1. The Kier molecular flexibility index (Phi) is 3.13. The number of benzene rings is 2. The fraction of sp³-hybridized carbons (Fsp3) is 0.0769. The maximum absolute atomic E-state index is 10.2. The Morgan fingerprint density at radius 2 is 1.81 bits per heavy atom. The number of para-hydroxylation sites is 1. The minimum absolute atomic E-state index is 0.579. The third-order valence-electron chi connectivity index (χ3n) is 2.46. The zero-order chi connectivity index (χ0) is 11.5. The molecular weight excluding hydrogens is 222 g/mol. The van der Waals surface area contributed by atoms with E-state index in [4.69, 9.17) is 17.3 Å². The highest BCUT2D eigenvalue weighted by Crippen LogP contribution is 2.27. The van der Waals surface area contributed by atoms with Gasteiger partial charge in [-0.3, -0.25) is 0 Å².